The van der Waals surface area contributed by atoms with Gasteiger partial charge in [-0.1, -0.05) is 0 Å². The van der Waals surface area contributed by atoms with Gasteiger partial charge in [0, 0.05) is 25.8 Å². The molecule has 1 amide bonds. The maximum absolute atomic E-state index is 14.1. The van der Waals surface area contributed by atoms with E-state index in [0.29, 0.717) is 13.0 Å². The molecule has 1 aliphatic heterocycles. The molecule has 0 N–H and O–H groups in total. The molecule has 1 fully saturated rings. The van der Waals surface area contributed by atoms with Crippen LogP contribution in [0.2, 0.25) is 0 Å². The van der Waals surface area contributed by atoms with Crippen molar-refractivity contribution in [1.29, 1.82) is 0 Å². The Labute approximate surface area is 121 Å². The molecule has 1 heterocycles. The Balaban J connectivity index is 2.36. The number of aryl methyl sites for hydroxylation is 1. The van der Waals surface area contributed by atoms with Crippen LogP contribution in [0.3, 0.4) is 0 Å². The molecular weight excluding hydrogens is 279 g/mol. The highest BCUT2D eigenvalue weighted by atomic mass is 19.1. The molecule has 0 spiro atoms. The highest BCUT2D eigenvalue weighted by Crippen LogP contribution is 2.25. The summed E-state index contributed by atoms with van der Waals surface area (Å²) in [6, 6.07) is 1.95. The van der Waals surface area contributed by atoms with Gasteiger partial charge in [-0.3, -0.25) is 14.9 Å². The number of nitro benzene ring substituents is 1. The fraction of sp³-hybridized carbons (Fsp3) is 0.500. The summed E-state index contributed by atoms with van der Waals surface area (Å²) >= 11 is 0. The lowest BCUT2D eigenvalue weighted by molar-refractivity contribution is -0.385. The topological polar surface area (TPSA) is 72.7 Å². The number of hydrogen-bond acceptors (Lipinski definition) is 4. The van der Waals surface area contributed by atoms with E-state index in [-0.39, 0.29) is 29.0 Å². The Morgan fingerprint density at radius 2 is 2.19 bits per heavy atom. The summed E-state index contributed by atoms with van der Waals surface area (Å²) in [6.45, 7) is 3.79. The number of benzene rings is 1. The van der Waals surface area contributed by atoms with Crippen molar-refractivity contribution in [1.82, 2.24) is 4.90 Å². The summed E-state index contributed by atoms with van der Waals surface area (Å²) in [5, 5.41) is 10.9. The van der Waals surface area contributed by atoms with E-state index in [0.717, 1.165) is 12.1 Å². The van der Waals surface area contributed by atoms with Crippen LogP contribution in [0.4, 0.5) is 10.1 Å². The molecule has 114 valence electrons. The van der Waals surface area contributed by atoms with Gasteiger partial charge in [0.05, 0.1) is 22.6 Å². The summed E-state index contributed by atoms with van der Waals surface area (Å²) in [5.74, 6) is -1.29. The summed E-state index contributed by atoms with van der Waals surface area (Å²) < 4.78 is 19.5. The standard InChI is InChI=1S/C14H17FN2O4/c1-8-6-10(17(19)20)7-11(13(8)15)14(18)16(3)12-4-5-21-9(12)2/h6-7,9,12H,4-5H2,1-3H3. The van der Waals surface area contributed by atoms with E-state index in [4.69, 9.17) is 4.74 Å². The van der Waals surface area contributed by atoms with Crippen LogP contribution in [0.1, 0.15) is 29.3 Å². The first kappa shape index (κ1) is 15.4. The van der Waals surface area contributed by atoms with Crippen LogP contribution in [0.25, 0.3) is 0 Å². The molecule has 2 unspecified atom stereocenters. The van der Waals surface area contributed by atoms with E-state index in [1.807, 2.05) is 6.92 Å². The van der Waals surface area contributed by atoms with Gasteiger partial charge in [0.1, 0.15) is 5.82 Å². The molecule has 0 aromatic heterocycles. The minimum atomic E-state index is -0.719. The first-order chi connectivity index (χ1) is 9.82. The Hall–Kier alpha value is -2.02. The second-order valence-electron chi connectivity index (χ2n) is 5.23. The summed E-state index contributed by atoms with van der Waals surface area (Å²) in [7, 11) is 1.56. The Bertz CT molecular complexity index is 591. The number of rotatable bonds is 3. The lowest BCUT2D eigenvalue weighted by atomic mass is 10.1. The lowest BCUT2D eigenvalue weighted by Gasteiger charge is -2.27. The molecule has 0 saturated carbocycles. The Kier molecular flexibility index (Phi) is 4.22. The number of halogens is 1. The fourth-order valence-corrected chi connectivity index (χ4v) is 2.58. The van der Waals surface area contributed by atoms with Gasteiger partial charge in [0.25, 0.3) is 11.6 Å². The smallest absolute Gasteiger partial charge is 0.270 e. The van der Waals surface area contributed by atoms with Crippen LogP contribution in [0.5, 0.6) is 0 Å². The van der Waals surface area contributed by atoms with Crippen LogP contribution in [0.15, 0.2) is 12.1 Å². The number of carbonyl (C=O) groups excluding carboxylic acids is 1. The average molecular weight is 296 g/mol. The minimum absolute atomic E-state index is 0.0803. The normalized spacial score (nSPS) is 21.3. The van der Waals surface area contributed by atoms with E-state index in [1.165, 1.54) is 11.8 Å². The molecule has 0 bridgehead atoms. The first-order valence-corrected chi connectivity index (χ1v) is 6.66. The summed E-state index contributed by atoms with van der Waals surface area (Å²) in [6.07, 6.45) is 0.528. The van der Waals surface area contributed by atoms with Crippen molar-refractivity contribution in [2.75, 3.05) is 13.7 Å². The number of likely N-dealkylation sites (N-methyl/N-ethyl adjacent to an activating group) is 1. The third-order valence-corrected chi connectivity index (χ3v) is 3.83. The van der Waals surface area contributed by atoms with E-state index in [2.05, 4.69) is 0 Å². The summed E-state index contributed by atoms with van der Waals surface area (Å²) in [4.78, 5) is 24.1. The van der Waals surface area contributed by atoms with Gasteiger partial charge in [-0.05, 0) is 25.8 Å². The SMILES string of the molecule is Cc1cc([N+](=O)[O-])cc(C(=O)N(C)C2CCOC2C)c1F. The van der Waals surface area contributed by atoms with Gasteiger partial charge in [-0.2, -0.15) is 0 Å². The third-order valence-electron chi connectivity index (χ3n) is 3.83. The van der Waals surface area contributed by atoms with Crippen LogP contribution < -0.4 is 0 Å². The molecule has 2 rings (SSSR count). The number of hydrogen-bond donors (Lipinski definition) is 0. The zero-order valence-corrected chi connectivity index (χ0v) is 12.1. The van der Waals surface area contributed by atoms with E-state index in [1.54, 1.807) is 7.05 Å². The van der Waals surface area contributed by atoms with Crippen LogP contribution in [0, 0.1) is 22.9 Å². The van der Waals surface area contributed by atoms with Gasteiger partial charge in [0.2, 0.25) is 0 Å². The van der Waals surface area contributed by atoms with Crippen molar-refractivity contribution in [3.8, 4) is 0 Å². The summed E-state index contributed by atoms with van der Waals surface area (Å²) in [5.41, 5.74) is -0.485. The molecule has 0 radical (unpaired) electrons. The fourth-order valence-electron chi connectivity index (χ4n) is 2.58. The van der Waals surface area contributed by atoms with E-state index in [9.17, 15) is 19.3 Å². The Morgan fingerprint density at radius 1 is 1.52 bits per heavy atom. The maximum atomic E-state index is 14.1. The van der Waals surface area contributed by atoms with Gasteiger partial charge in [-0.25, -0.2) is 4.39 Å². The molecule has 1 aromatic carbocycles. The number of ether oxygens (including phenoxy) is 1. The first-order valence-electron chi connectivity index (χ1n) is 6.66. The van der Waals surface area contributed by atoms with Gasteiger partial charge in [-0.15, -0.1) is 0 Å². The number of amides is 1. The van der Waals surface area contributed by atoms with Crippen molar-refractivity contribution < 1.29 is 18.8 Å². The molecule has 1 aromatic rings. The molecular formula is C14H17FN2O4. The number of nitro groups is 1. The molecule has 6 nitrogen and oxygen atoms in total. The zero-order chi connectivity index (χ0) is 15.7. The van der Waals surface area contributed by atoms with E-state index >= 15 is 0 Å². The molecule has 1 aliphatic rings. The van der Waals surface area contributed by atoms with Gasteiger partial charge in [0.15, 0.2) is 0 Å². The number of non-ortho nitro benzene ring substituents is 1. The molecule has 1 saturated heterocycles. The van der Waals surface area contributed by atoms with Crippen LogP contribution >= 0.6 is 0 Å². The number of nitrogens with zero attached hydrogens (tertiary/aromatic N) is 2. The van der Waals surface area contributed by atoms with Gasteiger partial charge >= 0.3 is 0 Å². The molecule has 2 atom stereocenters. The predicted octanol–water partition coefficient (Wildman–Crippen LogP) is 2.29. The van der Waals surface area contributed by atoms with Crippen molar-refractivity contribution in [2.45, 2.75) is 32.4 Å². The highest BCUT2D eigenvalue weighted by Gasteiger charge is 2.32. The van der Waals surface area contributed by atoms with E-state index < -0.39 is 16.6 Å². The monoisotopic (exact) mass is 296 g/mol. The maximum Gasteiger partial charge on any atom is 0.270 e. The zero-order valence-electron chi connectivity index (χ0n) is 12.1. The molecule has 0 aliphatic carbocycles. The second-order valence-corrected chi connectivity index (χ2v) is 5.23. The minimum Gasteiger partial charge on any atom is -0.376 e. The highest BCUT2D eigenvalue weighted by molar-refractivity contribution is 5.95. The lowest BCUT2D eigenvalue weighted by Crippen LogP contribution is -2.41. The van der Waals surface area contributed by atoms with Crippen LogP contribution in [-0.4, -0.2) is 41.5 Å². The Morgan fingerprint density at radius 3 is 2.71 bits per heavy atom. The van der Waals surface area contributed by atoms with Crippen molar-refractivity contribution in [2.24, 2.45) is 0 Å². The average Bonchev–Trinajstić information content (AvgIpc) is 2.86. The van der Waals surface area contributed by atoms with Crippen LogP contribution in [-0.2, 0) is 4.74 Å². The third kappa shape index (κ3) is 2.87. The number of carbonyl (C=O) groups is 1. The quantitative estimate of drug-likeness (QED) is 0.633. The largest absolute Gasteiger partial charge is 0.376 e. The van der Waals surface area contributed by atoms with Crippen molar-refractivity contribution in [3.63, 3.8) is 0 Å². The predicted molar refractivity (Wildman–Crippen MR) is 73.7 cm³/mol. The second kappa shape index (κ2) is 5.77. The van der Waals surface area contributed by atoms with Crippen molar-refractivity contribution >= 4 is 11.6 Å². The van der Waals surface area contributed by atoms with Gasteiger partial charge < -0.3 is 9.64 Å². The molecule has 7 heteroatoms. The van der Waals surface area contributed by atoms with Crippen molar-refractivity contribution in [3.05, 3.63) is 39.2 Å². The molecule has 21 heavy (non-hydrogen) atoms.